The minimum atomic E-state index is 0. The Morgan fingerprint density at radius 1 is 1.38 bits per heavy atom. The van der Waals surface area contributed by atoms with Gasteiger partial charge in [-0.2, -0.15) is 0 Å². The zero-order valence-corrected chi connectivity index (χ0v) is 8.71. The van der Waals surface area contributed by atoms with Crippen LogP contribution >= 0.6 is 24.8 Å². The maximum absolute atomic E-state index is 4.15. The highest BCUT2D eigenvalue weighted by atomic mass is 35.5. The van der Waals surface area contributed by atoms with Gasteiger partial charge in [0.1, 0.15) is 5.65 Å². The number of nitrogens with one attached hydrogen (secondary N) is 2. The molecule has 0 amide bonds. The summed E-state index contributed by atoms with van der Waals surface area (Å²) in [6.45, 7) is 0. The number of aromatic nitrogens is 2. The molecule has 0 saturated carbocycles. The van der Waals surface area contributed by atoms with Gasteiger partial charge >= 0.3 is 0 Å². The predicted molar refractivity (Wildman–Crippen MR) is 60.1 cm³/mol. The van der Waals surface area contributed by atoms with E-state index in [1.165, 1.54) is 0 Å². The maximum Gasteiger partial charge on any atom is 0.139 e. The fourth-order valence-corrected chi connectivity index (χ4v) is 1.16. The molecule has 0 atom stereocenters. The van der Waals surface area contributed by atoms with Crippen LogP contribution in [-0.4, -0.2) is 17.0 Å². The molecule has 3 nitrogen and oxygen atoms in total. The standard InChI is InChI=1S/C8H9N3.2ClH/c1-9-7-5-11-8-6(7)3-2-4-10-8;;/h2-5,9H,1H3,(H,10,11);2*1H. The first-order valence-corrected chi connectivity index (χ1v) is 3.51. The van der Waals surface area contributed by atoms with E-state index in [1.54, 1.807) is 6.20 Å². The quantitative estimate of drug-likeness (QED) is 0.774. The fourth-order valence-electron chi connectivity index (χ4n) is 1.16. The molecule has 2 heterocycles. The van der Waals surface area contributed by atoms with E-state index in [0.717, 1.165) is 16.7 Å². The summed E-state index contributed by atoms with van der Waals surface area (Å²) in [5, 5.41) is 4.21. The molecule has 5 heteroatoms. The van der Waals surface area contributed by atoms with Gasteiger partial charge in [-0.3, -0.25) is 0 Å². The second-order valence-electron chi connectivity index (χ2n) is 2.35. The molecule has 2 rings (SSSR count). The second-order valence-corrected chi connectivity index (χ2v) is 2.35. The molecule has 0 radical (unpaired) electrons. The van der Waals surface area contributed by atoms with Gasteiger partial charge in [0.05, 0.1) is 5.69 Å². The fraction of sp³-hybridized carbons (Fsp3) is 0.125. The molecule has 0 aliphatic heterocycles. The predicted octanol–water partition coefficient (Wildman–Crippen LogP) is 2.45. The lowest BCUT2D eigenvalue weighted by molar-refractivity contribution is 1.32. The molecule has 0 aliphatic carbocycles. The van der Waals surface area contributed by atoms with E-state index >= 15 is 0 Å². The van der Waals surface area contributed by atoms with Crippen LogP contribution in [0.4, 0.5) is 5.69 Å². The molecule has 13 heavy (non-hydrogen) atoms. The molecular formula is C8H11Cl2N3. The Hall–Kier alpha value is -0.930. The van der Waals surface area contributed by atoms with E-state index < -0.39 is 0 Å². The normalized spacial score (nSPS) is 8.69. The summed E-state index contributed by atoms with van der Waals surface area (Å²) in [6, 6.07) is 3.96. The van der Waals surface area contributed by atoms with Crippen molar-refractivity contribution in [2.24, 2.45) is 0 Å². The van der Waals surface area contributed by atoms with Crippen molar-refractivity contribution in [3.05, 3.63) is 24.5 Å². The SMILES string of the molecule is CNc1c[nH]c2ncccc12.Cl.Cl. The molecule has 0 aromatic carbocycles. The third-order valence-electron chi connectivity index (χ3n) is 1.72. The van der Waals surface area contributed by atoms with E-state index in [2.05, 4.69) is 15.3 Å². The third-order valence-corrected chi connectivity index (χ3v) is 1.72. The van der Waals surface area contributed by atoms with Crippen molar-refractivity contribution in [3.63, 3.8) is 0 Å². The monoisotopic (exact) mass is 219 g/mol. The van der Waals surface area contributed by atoms with Crippen molar-refractivity contribution >= 4 is 41.5 Å². The number of hydrogen-bond donors (Lipinski definition) is 2. The van der Waals surface area contributed by atoms with Gasteiger partial charge in [0.25, 0.3) is 0 Å². The summed E-state index contributed by atoms with van der Waals surface area (Å²) < 4.78 is 0. The molecule has 0 bridgehead atoms. The Kier molecular flexibility index (Phi) is 4.59. The van der Waals surface area contributed by atoms with Crippen LogP contribution in [0.3, 0.4) is 0 Å². The molecule has 72 valence electrons. The summed E-state index contributed by atoms with van der Waals surface area (Å²) in [7, 11) is 1.90. The number of hydrogen-bond acceptors (Lipinski definition) is 2. The Labute approximate surface area is 88.8 Å². The maximum atomic E-state index is 4.15. The number of pyridine rings is 1. The minimum absolute atomic E-state index is 0. The van der Waals surface area contributed by atoms with E-state index in [4.69, 9.17) is 0 Å². The summed E-state index contributed by atoms with van der Waals surface area (Å²) in [6.07, 6.45) is 3.69. The molecule has 0 spiro atoms. The van der Waals surface area contributed by atoms with Crippen LogP contribution in [0.5, 0.6) is 0 Å². The highest BCUT2D eigenvalue weighted by Crippen LogP contribution is 2.19. The molecule has 0 saturated heterocycles. The van der Waals surface area contributed by atoms with Crippen molar-refractivity contribution in [1.82, 2.24) is 9.97 Å². The van der Waals surface area contributed by atoms with Gasteiger partial charge in [-0.1, -0.05) is 0 Å². The molecule has 2 aromatic rings. The van der Waals surface area contributed by atoms with E-state index in [1.807, 2.05) is 25.4 Å². The van der Waals surface area contributed by atoms with Gasteiger partial charge in [-0.05, 0) is 12.1 Å². The molecular weight excluding hydrogens is 209 g/mol. The minimum Gasteiger partial charge on any atom is -0.386 e. The van der Waals surface area contributed by atoms with Crippen LogP contribution in [0.2, 0.25) is 0 Å². The van der Waals surface area contributed by atoms with Crippen LogP contribution in [0, 0.1) is 0 Å². The van der Waals surface area contributed by atoms with E-state index in [0.29, 0.717) is 0 Å². The summed E-state index contributed by atoms with van der Waals surface area (Å²) in [4.78, 5) is 7.22. The van der Waals surface area contributed by atoms with Gasteiger partial charge in [0.15, 0.2) is 0 Å². The lowest BCUT2D eigenvalue weighted by Gasteiger charge is -1.93. The average molecular weight is 220 g/mol. The summed E-state index contributed by atoms with van der Waals surface area (Å²) >= 11 is 0. The number of nitrogens with zero attached hydrogens (tertiary/aromatic N) is 1. The summed E-state index contributed by atoms with van der Waals surface area (Å²) in [5.41, 5.74) is 2.02. The van der Waals surface area contributed by atoms with Crippen molar-refractivity contribution in [1.29, 1.82) is 0 Å². The largest absolute Gasteiger partial charge is 0.386 e. The number of aromatic amines is 1. The van der Waals surface area contributed by atoms with E-state index in [-0.39, 0.29) is 24.8 Å². The van der Waals surface area contributed by atoms with Gasteiger partial charge in [0, 0.05) is 24.8 Å². The smallest absolute Gasteiger partial charge is 0.139 e. The highest BCUT2D eigenvalue weighted by Gasteiger charge is 1.99. The van der Waals surface area contributed by atoms with Gasteiger partial charge in [-0.25, -0.2) is 4.98 Å². The van der Waals surface area contributed by atoms with Crippen LogP contribution in [0.25, 0.3) is 11.0 Å². The molecule has 0 fully saturated rings. The number of halogens is 2. The Morgan fingerprint density at radius 3 is 2.85 bits per heavy atom. The number of fused-ring (bicyclic) bond motifs is 1. The van der Waals surface area contributed by atoms with Crippen LogP contribution in [0.1, 0.15) is 0 Å². The van der Waals surface area contributed by atoms with E-state index in [9.17, 15) is 0 Å². The van der Waals surface area contributed by atoms with Crippen molar-refractivity contribution in [2.75, 3.05) is 12.4 Å². The van der Waals surface area contributed by atoms with Crippen LogP contribution in [0.15, 0.2) is 24.5 Å². The zero-order valence-electron chi connectivity index (χ0n) is 7.07. The third kappa shape index (κ3) is 2.05. The molecule has 2 aromatic heterocycles. The van der Waals surface area contributed by atoms with Crippen molar-refractivity contribution in [3.8, 4) is 0 Å². The number of H-pyrrole nitrogens is 1. The lowest BCUT2D eigenvalue weighted by atomic mass is 10.3. The Bertz CT molecular complexity index is 372. The first-order valence-electron chi connectivity index (χ1n) is 3.51. The van der Waals surface area contributed by atoms with Crippen LogP contribution < -0.4 is 5.32 Å². The molecule has 0 unspecified atom stereocenters. The number of rotatable bonds is 1. The molecule has 0 aliphatic rings. The molecule has 2 N–H and O–H groups in total. The van der Waals surface area contributed by atoms with Gasteiger partial charge in [0.2, 0.25) is 0 Å². The first-order chi connectivity index (χ1) is 5.42. The van der Waals surface area contributed by atoms with Crippen molar-refractivity contribution < 1.29 is 0 Å². The van der Waals surface area contributed by atoms with Crippen molar-refractivity contribution in [2.45, 2.75) is 0 Å². The lowest BCUT2D eigenvalue weighted by Crippen LogP contribution is -1.84. The average Bonchev–Trinajstić information content (AvgIpc) is 2.47. The first kappa shape index (κ1) is 12.1. The topological polar surface area (TPSA) is 40.7 Å². The Morgan fingerprint density at radius 2 is 2.15 bits per heavy atom. The zero-order chi connectivity index (χ0) is 7.68. The van der Waals surface area contributed by atoms with Crippen LogP contribution in [-0.2, 0) is 0 Å². The van der Waals surface area contributed by atoms with Gasteiger partial charge in [-0.15, -0.1) is 24.8 Å². The summed E-state index contributed by atoms with van der Waals surface area (Å²) in [5.74, 6) is 0. The second kappa shape index (κ2) is 4.94. The Balaban J connectivity index is 0.000000720. The highest BCUT2D eigenvalue weighted by molar-refractivity contribution is 5.89. The number of anilines is 1. The van der Waals surface area contributed by atoms with Gasteiger partial charge < -0.3 is 10.3 Å².